The van der Waals surface area contributed by atoms with E-state index in [2.05, 4.69) is 10.3 Å². The van der Waals surface area contributed by atoms with Gasteiger partial charge < -0.3 is 9.73 Å². The van der Waals surface area contributed by atoms with E-state index in [1.54, 1.807) is 18.3 Å². The summed E-state index contributed by atoms with van der Waals surface area (Å²) >= 11 is 0. The summed E-state index contributed by atoms with van der Waals surface area (Å²) in [6, 6.07) is 16.6. The number of hydrogen-bond acceptors (Lipinski definition) is 5. The third-order valence-corrected chi connectivity index (χ3v) is 3.39. The molecule has 24 heavy (non-hydrogen) atoms. The van der Waals surface area contributed by atoms with Crippen molar-refractivity contribution < 1.29 is 14.1 Å². The average Bonchev–Trinajstić information content (AvgIpc) is 3.11. The predicted octanol–water partition coefficient (Wildman–Crippen LogP) is 3.10. The molecule has 0 fully saturated rings. The second-order valence-corrected chi connectivity index (χ2v) is 4.97. The summed E-state index contributed by atoms with van der Waals surface area (Å²) in [6.45, 7) is 0. The molecule has 0 saturated carbocycles. The fraction of sp³-hybridized carbons (Fsp3) is 0.0588. The number of carbonyl (C=O) groups is 1. The maximum Gasteiger partial charge on any atom is 0.433 e. The summed E-state index contributed by atoms with van der Waals surface area (Å²) in [5.74, 6) is -1.16. The third-order valence-electron chi connectivity index (χ3n) is 3.39. The van der Waals surface area contributed by atoms with Gasteiger partial charge in [-0.2, -0.15) is 0 Å². The first-order valence-corrected chi connectivity index (χ1v) is 7.16. The van der Waals surface area contributed by atoms with Crippen LogP contribution in [-0.4, -0.2) is 15.8 Å². The molecule has 7 heteroatoms. The molecule has 1 aromatic carbocycles. The van der Waals surface area contributed by atoms with E-state index in [0.717, 1.165) is 11.6 Å². The molecule has 2 aromatic heterocycles. The predicted molar refractivity (Wildman–Crippen MR) is 85.4 cm³/mol. The highest BCUT2D eigenvalue weighted by Crippen LogP contribution is 2.22. The van der Waals surface area contributed by atoms with Crippen molar-refractivity contribution in [3.63, 3.8) is 0 Å². The number of nitro groups is 1. The van der Waals surface area contributed by atoms with Gasteiger partial charge in [0.25, 0.3) is 5.91 Å². The molecule has 1 N–H and O–H groups in total. The molecular formula is C17H13N3O4. The largest absolute Gasteiger partial charge is 0.433 e. The van der Waals surface area contributed by atoms with Gasteiger partial charge in [-0.1, -0.05) is 36.4 Å². The van der Waals surface area contributed by atoms with Crippen molar-refractivity contribution in [1.29, 1.82) is 0 Å². The normalized spacial score (nSPS) is 11.7. The van der Waals surface area contributed by atoms with E-state index in [1.165, 1.54) is 6.07 Å². The maximum absolute atomic E-state index is 12.4. The average molecular weight is 323 g/mol. The van der Waals surface area contributed by atoms with E-state index in [9.17, 15) is 14.9 Å². The van der Waals surface area contributed by atoms with Crippen LogP contribution in [0.5, 0.6) is 0 Å². The zero-order chi connectivity index (χ0) is 16.9. The van der Waals surface area contributed by atoms with Gasteiger partial charge in [-0.15, -0.1) is 0 Å². The van der Waals surface area contributed by atoms with Crippen LogP contribution in [0.15, 0.2) is 71.3 Å². The molecular weight excluding hydrogens is 310 g/mol. The lowest BCUT2D eigenvalue weighted by atomic mass is 10.0. The Morgan fingerprint density at radius 2 is 1.83 bits per heavy atom. The lowest BCUT2D eigenvalue weighted by Gasteiger charge is -2.18. The van der Waals surface area contributed by atoms with Gasteiger partial charge in [0.05, 0.1) is 17.8 Å². The van der Waals surface area contributed by atoms with Crippen LogP contribution in [-0.2, 0) is 0 Å². The van der Waals surface area contributed by atoms with E-state index in [0.29, 0.717) is 5.69 Å². The van der Waals surface area contributed by atoms with Crippen LogP contribution in [0.3, 0.4) is 0 Å². The van der Waals surface area contributed by atoms with Gasteiger partial charge in [0, 0.05) is 6.20 Å². The van der Waals surface area contributed by atoms with Gasteiger partial charge >= 0.3 is 5.88 Å². The Bertz CT molecular complexity index is 807. The molecule has 120 valence electrons. The van der Waals surface area contributed by atoms with Crippen molar-refractivity contribution >= 4 is 11.8 Å². The van der Waals surface area contributed by atoms with Crippen LogP contribution in [0.25, 0.3) is 0 Å². The smallest absolute Gasteiger partial charge is 0.395 e. The summed E-state index contributed by atoms with van der Waals surface area (Å²) in [4.78, 5) is 26.6. The lowest BCUT2D eigenvalue weighted by Crippen LogP contribution is -2.29. The molecule has 0 aliphatic carbocycles. The molecule has 7 nitrogen and oxygen atoms in total. The fourth-order valence-electron chi connectivity index (χ4n) is 2.27. The van der Waals surface area contributed by atoms with Crippen molar-refractivity contribution in [2.45, 2.75) is 6.04 Å². The lowest BCUT2D eigenvalue weighted by molar-refractivity contribution is -0.402. The maximum atomic E-state index is 12.4. The van der Waals surface area contributed by atoms with E-state index in [4.69, 9.17) is 4.42 Å². The first kappa shape index (κ1) is 15.4. The van der Waals surface area contributed by atoms with Gasteiger partial charge in [-0.3, -0.25) is 19.9 Å². The van der Waals surface area contributed by atoms with Gasteiger partial charge in [0.2, 0.25) is 0 Å². The van der Waals surface area contributed by atoms with Gasteiger partial charge in [-0.25, -0.2) is 0 Å². The first-order chi connectivity index (χ1) is 11.6. The Hall–Kier alpha value is -3.48. The van der Waals surface area contributed by atoms with Crippen LogP contribution >= 0.6 is 0 Å². The summed E-state index contributed by atoms with van der Waals surface area (Å²) in [7, 11) is 0. The zero-order valence-electron chi connectivity index (χ0n) is 12.5. The number of aromatic nitrogens is 1. The van der Waals surface area contributed by atoms with Crippen LogP contribution in [0.2, 0.25) is 0 Å². The minimum atomic E-state index is -0.690. The molecule has 0 bridgehead atoms. The monoisotopic (exact) mass is 323 g/mol. The van der Waals surface area contributed by atoms with Gasteiger partial charge in [0.1, 0.15) is 4.92 Å². The van der Waals surface area contributed by atoms with Crippen molar-refractivity contribution in [2.24, 2.45) is 0 Å². The van der Waals surface area contributed by atoms with Crippen LogP contribution in [0.1, 0.15) is 27.9 Å². The number of nitrogens with one attached hydrogen (secondary N) is 1. The SMILES string of the molecule is O=C(N[C@H](c1ccccc1)c1ccccn1)c1ccc([N+](=O)[O-])o1. The van der Waals surface area contributed by atoms with Gasteiger partial charge in [-0.05, 0) is 23.8 Å². The second kappa shape index (κ2) is 6.74. The van der Waals surface area contributed by atoms with E-state index < -0.39 is 22.8 Å². The molecule has 0 radical (unpaired) electrons. The number of furan rings is 1. The molecule has 3 aromatic rings. The van der Waals surface area contributed by atoms with Crippen molar-refractivity contribution in [3.05, 3.63) is 94.0 Å². The van der Waals surface area contributed by atoms with Crippen LogP contribution in [0.4, 0.5) is 5.88 Å². The number of rotatable bonds is 5. The molecule has 0 unspecified atom stereocenters. The van der Waals surface area contributed by atoms with Crippen molar-refractivity contribution in [1.82, 2.24) is 10.3 Å². The number of nitrogens with zero attached hydrogens (tertiary/aromatic N) is 2. The van der Waals surface area contributed by atoms with E-state index >= 15 is 0 Å². The standard InChI is InChI=1S/C17H13N3O4/c21-17(14-9-10-15(24-14)20(22)23)19-16(12-6-2-1-3-7-12)13-8-4-5-11-18-13/h1-11,16H,(H,19,21)/t16-/m1/s1. The van der Waals surface area contributed by atoms with E-state index in [-0.39, 0.29) is 5.76 Å². The summed E-state index contributed by atoms with van der Waals surface area (Å²) in [5, 5.41) is 13.5. The van der Waals surface area contributed by atoms with Gasteiger partial charge in [0.15, 0.2) is 5.76 Å². The highest BCUT2D eigenvalue weighted by atomic mass is 16.6. The minimum absolute atomic E-state index is 0.126. The van der Waals surface area contributed by atoms with Crippen molar-refractivity contribution in [2.75, 3.05) is 0 Å². The summed E-state index contributed by atoms with van der Waals surface area (Å²) in [5.41, 5.74) is 1.49. The quantitative estimate of drug-likeness (QED) is 0.574. The first-order valence-electron chi connectivity index (χ1n) is 7.16. The molecule has 0 aliphatic rings. The molecule has 0 spiro atoms. The second-order valence-electron chi connectivity index (χ2n) is 4.97. The molecule has 0 aliphatic heterocycles. The highest BCUT2D eigenvalue weighted by molar-refractivity contribution is 5.92. The number of pyridine rings is 1. The number of hydrogen-bond donors (Lipinski definition) is 1. The Morgan fingerprint density at radius 3 is 2.46 bits per heavy atom. The number of carbonyl (C=O) groups excluding carboxylic acids is 1. The molecule has 0 saturated heterocycles. The Balaban J connectivity index is 1.89. The Morgan fingerprint density at radius 1 is 1.08 bits per heavy atom. The van der Waals surface area contributed by atoms with E-state index in [1.807, 2.05) is 36.4 Å². The van der Waals surface area contributed by atoms with Crippen molar-refractivity contribution in [3.8, 4) is 0 Å². The summed E-state index contributed by atoms with van der Waals surface area (Å²) < 4.78 is 4.95. The molecule has 3 rings (SSSR count). The number of benzene rings is 1. The molecule has 1 atom stereocenters. The topological polar surface area (TPSA) is 98.3 Å². The Labute approximate surface area is 137 Å². The third kappa shape index (κ3) is 3.30. The van der Waals surface area contributed by atoms with Crippen LogP contribution < -0.4 is 5.32 Å². The summed E-state index contributed by atoms with van der Waals surface area (Å²) in [6.07, 6.45) is 1.63. The van der Waals surface area contributed by atoms with Crippen LogP contribution in [0, 0.1) is 10.1 Å². The number of amides is 1. The minimum Gasteiger partial charge on any atom is -0.395 e. The Kier molecular flexibility index (Phi) is 4.33. The molecule has 2 heterocycles. The zero-order valence-corrected chi connectivity index (χ0v) is 12.5. The fourth-order valence-corrected chi connectivity index (χ4v) is 2.27. The highest BCUT2D eigenvalue weighted by Gasteiger charge is 2.22. The molecule has 1 amide bonds.